The van der Waals surface area contributed by atoms with Crippen LogP contribution in [-0.4, -0.2) is 23.6 Å². The summed E-state index contributed by atoms with van der Waals surface area (Å²) < 4.78 is 4.08. The summed E-state index contributed by atoms with van der Waals surface area (Å²) in [6.07, 6.45) is 0. The average Bonchev–Trinajstić information content (AvgIpc) is 2.93. The van der Waals surface area contributed by atoms with Crippen LogP contribution in [0.5, 0.6) is 0 Å². The molecule has 2 aromatic heterocycles. The van der Waals surface area contributed by atoms with Gasteiger partial charge in [-0.3, -0.25) is 24.0 Å². The molecule has 130 valence electrons. The maximum atomic E-state index is 12.3. The molecule has 0 fully saturated rings. The predicted molar refractivity (Wildman–Crippen MR) is 93.9 cm³/mol. The molecule has 3 aromatic rings. The van der Waals surface area contributed by atoms with Crippen molar-refractivity contribution in [1.29, 1.82) is 0 Å². The molecule has 1 aromatic carbocycles. The molecule has 0 atom stereocenters. The van der Waals surface area contributed by atoms with Crippen LogP contribution in [-0.2, 0) is 26.9 Å². The first-order valence-electron chi connectivity index (χ1n) is 7.30. The van der Waals surface area contributed by atoms with Crippen molar-refractivity contribution in [3.63, 3.8) is 0 Å². The number of fused-ring (bicyclic) bond motifs is 1. The van der Waals surface area contributed by atoms with Crippen molar-refractivity contribution in [2.75, 3.05) is 0 Å². The SMILES string of the molecule is Cn1c(=O)c2nc(SCc3cccc([N+](=O)[O-])c3)n(C)c2n(C)c1=O. The third-order valence-electron chi connectivity index (χ3n) is 3.91. The number of thioether (sulfide) groups is 1. The van der Waals surface area contributed by atoms with Gasteiger partial charge in [0, 0.05) is 39.0 Å². The molecular weight excluding hydrogens is 346 g/mol. The van der Waals surface area contributed by atoms with Crippen molar-refractivity contribution >= 4 is 28.6 Å². The van der Waals surface area contributed by atoms with Gasteiger partial charge in [-0.1, -0.05) is 23.9 Å². The molecule has 10 heteroatoms. The third kappa shape index (κ3) is 2.84. The van der Waals surface area contributed by atoms with Gasteiger partial charge in [0.25, 0.3) is 11.2 Å². The second-order valence-corrected chi connectivity index (χ2v) is 6.49. The Morgan fingerprint density at radius 1 is 1.16 bits per heavy atom. The largest absolute Gasteiger partial charge is 0.332 e. The number of rotatable bonds is 4. The maximum absolute atomic E-state index is 12.3. The Morgan fingerprint density at radius 3 is 2.56 bits per heavy atom. The first-order chi connectivity index (χ1) is 11.8. The number of aromatic nitrogens is 4. The van der Waals surface area contributed by atoms with Crippen molar-refractivity contribution < 1.29 is 4.92 Å². The minimum atomic E-state index is -0.448. The van der Waals surface area contributed by atoms with Gasteiger partial charge in [-0.05, 0) is 5.56 Å². The van der Waals surface area contributed by atoms with E-state index in [1.807, 2.05) is 0 Å². The monoisotopic (exact) mass is 361 g/mol. The van der Waals surface area contributed by atoms with Crippen LogP contribution >= 0.6 is 11.8 Å². The van der Waals surface area contributed by atoms with E-state index in [4.69, 9.17) is 0 Å². The smallest absolute Gasteiger partial charge is 0.308 e. The van der Waals surface area contributed by atoms with E-state index >= 15 is 0 Å². The lowest BCUT2D eigenvalue weighted by molar-refractivity contribution is -0.384. The molecule has 0 N–H and O–H groups in total. The van der Waals surface area contributed by atoms with Gasteiger partial charge in [-0.25, -0.2) is 9.78 Å². The highest BCUT2D eigenvalue weighted by Crippen LogP contribution is 2.25. The molecule has 9 nitrogen and oxygen atoms in total. The number of benzene rings is 1. The lowest BCUT2D eigenvalue weighted by atomic mass is 10.2. The van der Waals surface area contributed by atoms with Crippen molar-refractivity contribution in [2.24, 2.45) is 21.1 Å². The summed E-state index contributed by atoms with van der Waals surface area (Å²) in [5, 5.41) is 11.4. The first kappa shape index (κ1) is 17.0. The number of nitro benzene ring substituents is 1. The summed E-state index contributed by atoms with van der Waals surface area (Å²) in [6, 6.07) is 6.35. The molecule has 0 aliphatic carbocycles. The number of nitro groups is 1. The van der Waals surface area contributed by atoms with Gasteiger partial charge < -0.3 is 4.57 Å². The highest BCUT2D eigenvalue weighted by molar-refractivity contribution is 7.98. The quantitative estimate of drug-likeness (QED) is 0.392. The molecule has 25 heavy (non-hydrogen) atoms. The fourth-order valence-electron chi connectivity index (χ4n) is 2.60. The maximum Gasteiger partial charge on any atom is 0.332 e. The van der Waals surface area contributed by atoms with E-state index in [1.54, 1.807) is 30.8 Å². The molecule has 2 heterocycles. The summed E-state index contributed by atoms with van der Waals surface area (Å²) in [5.74, 6) is 0.451. The molecule has 0 aliphatic rings. The van der Waals surface area contributed by atoms with E-state index in [0.29, 0.717) is 16.6 Å². The highest BCUT2D eigenvalue weighted by Gasteiger charge is 2.17. The fourth-order valence-corrected chi connectivity index (χ4v) is 3.51. The zero-order chi connectivity index (χ0) is 18.3. The van der Waals surface area contributed by atoms with E-state index in [9.17, 15) is 19.7 Å². The van der Waals surface area contributed by atoms with E-state index in [1.165, 1.54) is 35.5 Å². The van der Waals surface area contributed by atoms with E-state index in [0.717, 1.165) is 10.1 Å². The number of nitrogens with zero attached hydrogens (tertiary/aromatic N) is 5. The molecule has 0 bridgehead atoms. The summed E-state index contributed by atoms with van der Waals surface area (Å²) in [6.45, 7) is 0. The van der Waals surface area contributed by atoms with Crippen LogP contribution in [0, 0.1) is 10.1 Å². The van der Waals surface area contributed by atoms with Crippen LogP contribution < -0.4 is 11.2 Å². The Morgan fingerprint density at radius 2 is 1.88 bits per heavy atom. The first-order valence-corrected chi connectivity index (χ1v) is 8.28. The van der Waals surface area contributed by atoms with Crippen LogP contribution in [0.3, 0.4) is 0 Å². The van der Waals surface area contributed by atoms with Gasteiger partial charge in [0.05, 0.1) is 4.92 Å². The molecular formula is C15H15N5O4S. The topological polar surface area (TPSA) is 105 Å². The molecule has 0 unspecified atom stereocenters. The second-order valence-electron chi connectivity index (χ2n) is 5.55. The standard InChI is InChI=1S/C15H15N5O4S/c1-17-12-11(13(21)19(3)15(22)18(12)2)16-14(17)25-8-9-5-4-6-10(7-9)20(23)24/h4-7H,8H2,1-3H3. The molecule has 0 amide bonds. The summed E-state index contributed by atoms with van der Waals surface area (Å²) in [7, 11) is 4.72. The highest BCUT2D eigenvalue weighted by atomic mass is 32.2. The summed E-state index contributed by atoms with van der Waals surface area (Å²) >= 11 is 1.34. The Balaban J connectivity index is 1.99. The molecule has 0 radical (unpaired) electrons. The van der Waals surface area contributed by atoms with Crippen LogP contribution in [0.1, 0.15) is 5.56 Å². The molecule has 3 rings (SSSR count). The van der Waals surface area contributed by atoms with Crippen molar-refractivity contribution in [1.82, 2.24) is 18.7 Å². The zero-order valence-electron chi connectivity index (χ0n) is 13.8. The third-order valence-corrected chi connectivity index (χ3v) is 5.01. The normalized spacial score (nSPS) is 11.2. The zero-order valence-corrected chi connectivity index (χ0v) is 14.6. The van der Waals surface area contributed by atoms with Crippen LogP contribution in [0.4, 0.5) is 5.69 Å². The van der Waals surface area contributed by atoms with E-state index in [-0.39, 0.29) is 11.2 Å². The fraction of sp³-hybridized carbons (Fsp3) is 0.267. The van der Waals surface area contributed by atoms with Gasteiger partial charge in [-0.2, -0.15) is 0 Å². The van der Waals surface area contributed by atoms with Crippen LogP contribution in [0.2, 0.25) is 0 Å². The summed E-state index contributed by atoms with van der Waals surface area (Å²) in [5.41, 5.74) is 0.585. The second kappa shape index (κ2) is 6.20. The molecule has 0 saturated heterocycles. The molecule has 0 saturated carbocycles. The van der Waals surface area contributed by atoms with Crippen molar-refractivity contribution in [3.05, 3.63) is 60.8 Å². The van der Waals surface area contributed by atoms with Crippen molar-refractivity contribution in [3.8, 4) is 0 Å². The number of aryl methyl sites for hydroxylation is 2. The number of imidazole rings is 1. The van der Waals surface area contributed by atoms with Gasteiger partial charge in [0.1, 0.15) is 0 Å². The Hall–Kier alpha value is -2.88. The Kier molecular flexibility index (Phi) is 4.21. The number of hydrogen-bond acceptors (Lipinski definition) is 6. The average molecular weight is 361 g/mol. The molecule has 0 aliphatic heterocycles. The minimum Gasteiger partial charge on any atom is -0.308 e. The molecule has 0 spiro atoms. The predicted octanol–water partition coefficient (Wildman–Crippen LogP) is 1.17. The van der Waals surface area contributed by atoms with Gasteiger partial charge >= 0.3 is 5.69 Å². The summed E-state index contributed by atoms with van der Waals surface area (Å²) in [4.78, 5) is 39.1. The van der Waals surface area contributed by atoms with E-state index in [2.05, 4.69) is 4.98 Å². The minimum absolute atomic E-state index is 0.0272. The van der Waals surface area contributed by atoms with Crippen LogP contribution in [0.25, 0.3) is 11.2 Å². The van der Waals surface area contributed by atoms with Crippen LogP contribution in [0.15, 0.2) is 39.0 Å². The Labute approximate surface area is 145 Å². The lowest BCUT2D eigenvalue weighted by Gasteiger charge is -2.06. The Bertz CT molecular complexity index is 1110. The van der Waals surface area contributed by atoms with E-state index < -0.39 is 16.2 Å². The van der Waals surface area contributed by atoms with Gasteiger partial charge in [0.2, 0.25) is 0 Å². The van der Waals surface area contributed by atoms with Crippen molar-refractivity contribution in [2.45, 2.75) is 10.9 Å². The number of non-ortho nitro benzene ring substituents is 1. The van der Waals surface area contributed by atoms with Gasteiger partial charge in [-0.15, -0.1) is 0 Å². The lowest BCUT2D eigenvalue weighted by Crippen LogP contribution is -2.37. The van der Waals surface area contributed by atoms with Gasteiger partial charge in [0.15, 0.2) is 16.3 Å². The number of hydrogen-bond donors (Lipinski definition) is 0.